The van der Waals surface area contributed by atoms with Gasteiger partial charge >= 0.3 is 5.69 Å². The lowest BCUT2D eigenvalue weighted by atomic mass is 10.1. The summed E-state index contributed by atoms with van der Waals surface area (Å²) < 4.78 is 5.49. The predicted molar refractivity (Wildman–Crippen MR) is 84.3 cm³/mol. The highest BCUT2D eigenvalue weighted by Gasteiger charge is 2.28. The number of aryl methyl sites for hydroxylation is 2. The van der Waals surface area contributed by atoms with Gasteiger partial charge in [-0.1, -0.05) is 6.07 Å². The van der Waals surface area contributed by atoms with E-state index in [0.29, 0.717) is 11.8 Å². The van der Waals surface area contributed by atoms with Crippen LogP contribution in [0.15, 0.2) is 30.3 Å². The normalized spacial score (nSPS) is 10.2. The molecule has 0 heterocycles. The molecule has 2 rings (SSSR count). The molecular weight excluding hydrogens is 318 g/mol. The van der Waals surface area contributed by atoms with Gasteiger partial charge in [-0.2, -0.15) is 0 Å². The zero-order valence-corrected chi connectivity index (χ0v) is 12.8. The number of rotatable bonds is 5. The molecule has 0 atom stereocenters. The molecule has 2 aromatic rings. The third-order valence-electron chi connectivity index (χ3n) is 3.16. The van der Waals surface area contributed by atoms with Crippen LogP contribution in [0.2, 0.25) is 0 Å². The van der Waals surface area contributed by atoms with Gasteiger partial charge in [0, 0.05) is 6.07 Å². The van der Waals surface area contributed by atoms with Crippen molar-refractivity contribution >= 4 is 17.3 Å². The molecule has 0 aliphatic rings. The van der Waals surface area contributed by atoms with Crippen LogP contribution in [-0.2, 0) is 0 Å². The second kappa shape index (κ2) is 6.32. The SMILES string of the molecule is Cc1cc(C)cc(Oc2cc(C(N)=O)c([N+](=O)[O-])cc2[N+](=O)[O-])c1. The number of carbonyl (C=O) groups is 1. The molecular formula is C15H13N3O6. The third kappa shape index (κ3) is 3.46. The minimum atomic E-state index is -1.08. The monoisotopic (exact) mass is 331 g/mol. The minimum Gasteiger partial charge on any atom is -0.450 e. The highest BCUT2D eigenvalue weighted by Crippen LogP contribution is 2.37. The molecule has 0 aliphatic carbocycles. The Morgan fingerprint density at radius 1 is 0.958 bits per heavy atom. The fourth-order valence-electron chi connectivity index (χ4n) is 2.25. The average Bonchev–Trinajstić information content (AvgIpc) is 2.44. The molecule has 0 saturated heterocycles. The van der Waals surface area contributed by atoms with Crippen molar-refractivity contribution < 1.29 is 19.4 Å². The molecule has 0 fully saturated rings. The van der Waals surface area contributed by atoms with Crippen LogP contribution in [-0.4, -0.2) is 15.8 Å². The second-order valence-electron chi connectivity index (χ2n) is 5.14. The lowest BCUT2D eigenvalue weighted by molar-refractivity contribution is -0.394. The number of primary amides is 1. The molecule has 2 aromatic carbocycles. The average molecular weight is 331 g/mol. The first-order valence-electron chi connectivity index (χ1n) is 6.72. The summed E-state index contributed by atoms with van der Waals surface area (Å²) in [5.41, 5.74) is 5.00. The van der Waals surface area contributed by atoms with Crippen LogP contribution in [0, 0.1) is 34.1 Å². The van der Waals surface area contributed by atoms with E-state index in [2.05, 4.69) is 0 Å². The molecule has 0 saturated carbocycles. The number of hydrogen-bond acceptors (Lipinski definition) is 6. The van der Waals surface area contributed by atoms with E-state index in [-0.39, 0.29) is 5.75 Å². The number of amides is 1. The van der Waals surface area contributed by atoms with Crippen LogP contribution in [0.5, 0.6) is 11.5 Å². The van der Waals surface area contributed by atoms with Crippen molar-refractivity contribution in [2.75, 3.05) is 0 Å². The van der Waals surface area contributed by atoms with Crippen molar-refractivity contribution in [2.45, 2.75) is 13.8 Å². The van der Waals surface area contributed by atoms with Crippen LogP contribution < -0.4 is 10.5 Å². The van der Waals surface area contributed by atoms with Crippen molar-refractivity contribution in [1.29, 1.82) is 0 Å². The van der Waals surface area contributed by atoms with E-state index in [0.717, 1.165) is 17.2 Å². The molecule has 0 unspecified atom stereocenters. The second-order valence-corrected chi connectivity index (χ2v) is 5.14. The number of nitro groups is 2. The summed E-state index contributed by atoms with van der Waals surface area (Å²) in [6.45, 7) is 3.64. The Labute approximate surface area is 136 Å². The molecule has 0 bridgehead atoms. The van der Waals surface area contributed by atoms with Gasteiger partial charge in [-0.3, -0.25) is 25.0 Å². The summed E-state index contributed by atoms with van der Waals surface area (Å²) in [4.78, 5) is 31.9. The van der Waals surface area contributed by atoms with Crippen molar-refractivity contribution in [2.24, 2.45) is 5.73 Å². The Balaban J connectivity index is 2.63. The number of nitrogens with two attached hydrogens (primary N) is 1. The van der Waals surface area contributed by atoms with Gasteiger partial charge in [-0.15, -0.1) is 0 Å². The van der Waals surface area contributed by atoms with Crippen molar-refractivity contribution in [1.82, 2.24) is 0 Å². The summed E-state index contributed by atoms with van der Waals surface area (Å²) >= 11 is 0. The van der Waals surface area contributed by atoms with E-state index in [4.69, 9.17) is 10.5 Å². The largest absolute Gasteiger partial charge is 0.450 e. The Morgan fingerprint density at radius 3 is 1.96 bits per heavy atom. The molecule has 0 radical (unpaired) electrons. The lowest BCUT2D eigenvalue weighted by Gasteiger charge is -2.09. The summed E-state index contributed by atoms with van der Waals surface area (Å²) in [7, 11) is 0. The van der Waals surface area contributed by atoms with Crippen LogP contribution in [0.4, 0.5) is 11.4 Å². The van der Waals surface area contributed by atoms with Crippen LogP contribution >= 0.6 is 0 Å². The smallest absolute Gasteiger partial charge is 0.318 e. The number of ether oxygens (including phenoxy) is 1. The fraction of sp³-hybridized carbons (Fsp3) is 0.133. The Hall–Kier alpha value is -3.49. The first-order valence-corrected chi connectivity index (χ1v) is 6.72. The standard InChI is InChI=1S/C15H13N3O6/c1-8-3-9(2)5-10(4-8)24-14-6-11(15(16)19)12(17(20)21)7-13(14)18(22)23/h3-7H,1-2H3,(H2,16,19). The molecule has 0 spiro atoms. The van der Waals surface area contributed by atoms with Gasteiger partial charge in [0.2, 0.25) is 5.75 Å². The molecule has 2 N–H and O–H groups in total. The first-order chi connectivity index (χ1) is 11.2. The van der Waals surface area contributed by atoms with E-state index in [1.807, 2.05) is 19.9 Å². The minimum absolute atomic E-state index is 0.301. The van der Waals surface area contributed by atoms with Crippen molar-refractivity contribution in [3.05, 3.63) is 67.3 Å². The van der Waals surface area contributed by atoms with Gasteiger partial charge < -0.3 is 10.5 Å². The zero-order chi connectivity index (χ0) is 18.0. The van der Waals surface area contributed by atoms with Crippen molar-refractivity contribution in [3.63, 3.8) is 0 Å². The number of benzene rings is 2. The van der Waals surface area contributed by atoms with Crippen LogP contribution in [0.1, 0.15) is 21.5 Å². The highest BCUT2D eigenvalue weighted by molar-refractivity contribution is 5.98. The van der Waals surface area contributed by atoms with Gasteiger partial charge in [0.25, 0.3) is 11.6 Å². The fourth-order valence-corrected chi connectivity index (χ4v) is 2.25. The van der Waals surface area contributed by atoms with E-state index in [9.17, 15) is 25.0 Å². The Bertz CT molecular complexity index is 842. The molecule has 24 heavy (non-hydrogen) atoms. The Kier molecular flexibility index (Phi) is 4.45. The first kappa shape index (κ1) is 16.9. The van der Waals surface area contributed by atoms with Gasteiger partial charge in [0.15, 0.2) is 0 Å². The molecule has 1 amide bonds. The third-order valence-corrected chi connectivity index (χ3v) is 3.16. The van der Waals surface area contributed by atoms with E-state index in [1.165, 1.54) is 0 Å². The zero-order valence-electron chi connectivity index (χ0n) is 12.8. The molecule has 124 valence electrons. The van der Waals surface area contributed by atoms with Gasteiger partial charge in [-0.05, 0) is 37.1 Å². The Morgan fingerprint density at radius 2 is 1.50 bits per heavy atom. The van der Waals surface area contributed by atoms with Crippen LogP contribution in [0.25, 0.3) is 0 Å². The van der Waals surface area contributed by atoms with E-state index < -0.39 is 32.7 Å². The summed E-state index contributed by atoms with van der Waals surface area (Å²) in [5, 5.41) is 22.2. The molecule has 9 heteroatoms. The van der Waals surface area contributed by atoms with Crippen molar-refractivity contribution in [3.8, 4) is 11.5 Å². The summed E-state index contributed by atoms with van der Waals surface area (Å²) in [6.07, 6.45) is 0. The van der Waals surface area contributed by atoms with E-state index >= 15 is 0 Å². The maximum absolute atomic E-state index is 11.4. The molecule has 9 nitrogen and oxygen atoms in total. The lowest BCUT2D eigenvalue weighted by Crippen LogP contribution is -2.14. The molecule has 0 aromatic heterocycles. The number of nitro benzene ring substituents is 2. The van der Waals surface area contributed by atoms with Gasteiger partial charge in [0.05, 0.1) is 15.9 Å². The number of hydrogen-bond donors (Lipinski definition) is 1. The van der Waals surface area contributed by atoms with Crippen LogP contribution in [0.3, 0.4) is 0 Å². The summed E-state index contributed by atoms with van der Waals surface area (Å²) in [5.74, 6) is -1.08. The summed E-state index contributed by atoms with van der Waals surface area (Å²) in [6, 6.07) is 6.74. The maximum Gasteiger partial charge on any atom is 0.318 e. The van der Waals surface area contributed by atoms with Gasteiger partial charge in [0.1, 0.15) is 11.3 Å². The highest BCUT2D eigenvalue weighted by atomic mass is 16.6. The van der Waals surface area contributed by atoms with E-state index in [1.54, 1.807) is 12.1 Å². The predicted octanol–water partition coefficient (Wildman–Crippen LogP) is 3.01. The number of carbonyl (C=O) groups excluding carboxylic acids is 1. The number of nitrogens with zero attached hydrogens (tertiary/aromatic N) is 2. The maximum atomic E-state index is 11.4. The quantitative estimate of drug-likeness (QED) is 0.660. The molecule has 0 aliphatic heterocycles. The van der Waals surface area contributed by atoms with Gasteiger partial charge in [-0.25, -0.2) is 0 Å². The topological polar surface area (TPSA) is 139 Å².